The van der Waals surface area contributed by atoms with Crippen molar-refractivity contribution in [2.24, 2.45) is 0 Å². The summed E-state index contributed by atoms with van der Waals surface area (Å²) in [6, 6.07) is 3.47. The van der Waals surface area contributed by atoms with E-state index in [1.165, 1.54) is 0 Å². The highest BCUT2D eigenvalue weighted by atomic mass is 19.4. The minimum Gasteiger partial charge on any atom is -0.383 e. The van der Waals surface area contributed by atoms with Crippen molar-refractivity contribution in [1.82, 2.24) is 9.88 Å². The molecule has 0 fully saturated rings. The second-order valence-corrected chi connectivity index (χ2v) is 3.65. The SMILES string of the molecule is CN(CCC(F)(F)F)Cc1cccnc1N. The van der Waals surface area contributed by atoms with Crippen molar-refractivity contribution < 1.29 is 13.2 Å². The van der Waals surface area contributed by atoms with E-state index in [2.05, 4.69) is 4.98 Å². The predicted molar refractivity (Wildman–Crippen MR) is 55.7 cm³/mol. The number of rotatable bonds is 4. The Kier molecular flexibility index (Phi) is 4.12. The number of hydrogen-bond acceptors (Lipinski definition) is 3. The number of nitrogens with two attached hydrogens (primary N) is 1. The zero-order valence-electron chi connectivity index (χ0n) is 8.96. The first kappa shape index (κ1) is 12.8. The number of alkyl halides is 3. The van der Waals surface area contributed by atoms with Gasteiger partial charge in [0.1, 0.15) is 5.82 Å². The Morgan fingerprint density at radius 3 is 2.69 bits per heavy atom. The Hall–Kier alpha value is -1.30. The molecule has 0 saturated carbocycles. The molecule has 0 spiro atoms. The molecule has 1 rings (SSSR count). The number of aromatic nitrogens is 1. The quantitative estimate of drug-likeness (QED) is 0.865. The lowest BCUT2D eigenvalue weighted by molar-refractivity contribution is -0.137. The van der Waals surface area contributed by atoms with Crippen LogP contribution >= 0.6 is 0 Å². The largest absolute Gasteiger partial charge is 0.390 e. The molecule has 1 heterocycles. The molecule has 0 saturated heterocycles. The molecular formula is C10H14F3N3. The third-order valence-corrected chi connectivity index (χ3v) is 2.14. The van der Waals surface area contributed by atoms with Gasteiger partial charge in [0.2, 0.25) is 0 Å². The minimum atomic E-state index is -4.12. The molecule has 0 amide bonds. The van der Waals surface area contributed by atoms with E-state index in [4.69, 9.17) is 5.73 Å². The Morgan fingerprint density at radius 2 is 2.12 bits per heavy atom. The molecule has 90 valence electrons. The van der Waals surface area contributed by atoms with E-state index in [0.717, 1.165) is 5.56 Å². The van der Waals surface area contributed by atoms with E-state index in [1.807, 2.05) is 0 Å². The molecule has 0 unspecified atom stereocenters. The molecule has 0 atom stereocenters. The molecular weight excluding hydrogens is 219 g/mol. The van der Waals surface area contributed by atoms with Gasteiger partial charge in [-0.25, -0.2) is 4.98 Å². The van der Waals surface area contributed by atoms with Gasteiger partial charge in [-0.15, -0.1) is 0 Å². The zero-order chi connectivity index (χ0) is 12.2. The molecule has 2 N–H and O–H groups in total. The second-order valence-electron chi connectivity index (χ2n) is 3.65. The predicted octanol–water partition coefficient (Wildman–Crippen LogP) is 2.05. The maximum absolute atomic E-state index is 12.0. The summed E-state index contributed by atoms with van der Waals surface area (Å²) in [5.41, 5.74) is 6.33. The third kappa shape index (κ3) is 4.48. The van der Waals surface area contributed by atoms with Gasteiger partial charge in [0.15, 0.2) is 0 Å². The molecule has 0 aliphatic heterocycles. The second kappa shape index (κ2) is 5.16. The van der Waals surface area contributed by atoms with Gasteiger partial charge in [-0.05, 0) is 13.1 Å². The Bertz CT molecular complexity index is 338. The van der Waals surface area contributed by atoms with E-state index >= 15 is 0 Å². The standard InChI is InChI=1S/C10H14F3N3/c1-16(6-4-10(11,12)13)7-8-3-2-5-15-9(8)14/h2-3,5H,4,6-7H2,1H3,(H2,14,15). The van der Waals surface area contributed by atoms with Crippen LogP contribution < -0.4 is 5.73 Å². The molecule has 6 heteroatoms. The number of hydrogen-bond donors (Lipinski definition) is 1. The van der Waals surface area contributed by atoms with Crippen molar-refractivity contribution in [2.75, 3.05) is 19.3 Å². The van der Waals surface area contributed by atoms with Crippen molar-refractivity contribution in [3.8, 4) is 0 Å². The van der Waals surface area contributed by atoms with Gasteiger partial charge in [-0.3, -0.25) is 0 Å². The molecule has 0 aliphatic carbocycles. The first-order chi connectivity index (χ1) is 7.38. The molecule has 3 nitrogen and oxygen atoms in total. The summed E-state index contributed by atoms with van der Waals surface area (Å²) in [5, 5.41) is 0. The molecule has 1 aromatic heterocycles. The zero-order valence-corrected chi connectivity index (χ0v) is 8.96. The summed E-state index contributed by atoms with van der Waals surface area (Å²) in [6.07, 6.45) is -3.38. The van der Waals surface area contributed by atoms with Crippen LogP contribution in [0.2, 0.25) is 0 Å². The van der Waals surface area contributed by atoms with Crippen molar-refractivity contribution in [1.29, 1.82) is 0 Å². The lowest BCUT2D eigenvalue weighted by Gasteiger charge is -2.18. The third-order valence-electron chi connectivity index (χ3n) is 2.14. The highest BCUT2D eigenvalue weighted by molar-refractivity contribution is 5.38. The van der Waals surface area contributed by atoms with Crippen LogP contribution in [0.1, 0.15) is 12.0 Å². The summed E-state index contributed by atoms with van der Waals surface area (Å²) in [5.74, 6) is 0.362. The first-order valence-electron chi connectivity index (χ1n) is 4.83. The minimum absolute atomic E-state index is 0.0438. The monoisotopic (exact) mass is 233 g/mol. The molecule has 0 aliphatic rings. The normalized spacial score (nSPS) is 12.1. The van der Waals surface area contributed by atoms with Gasteiger partial charge < -0.3 is 10.6 Å². The lowest BCUT2D eigenvalue weighted by atomic mass is 10.2. The van der Waals surface area contributed by atoms with Crippen molar-refractivity contribution in [3.05, 3.63) is 23.9 Å². The number of halogens is 3. The first-order valence-corrected chi connectivity index (χ1v) is 4.83. The fraction of sp³-hybridized carbons (Fsp3) is 0.500. The molecule has 0 aromatic carbocycles. The van der Waals surface area contributed by atoms with Crippen molar-refractivity contribution in [3.63, 3.8) is 0 Å². The van der Waals surface area contributed by atoms with Gasteiger partial charge in [-0.2, -0.15) is 13.2 Å². The number of anilines is 1. The van der Waals surface area contributed by atoms with E-state index in [1.54, 1.807) is 30.3 Å². The average Bonchev–Trinajstić information content (AvgIpc) is 2.18. The molecule has 0 bridgehead atoms. The van der Waals surface area contributed by atoms with Crippen LogP contribution in [0.4, 0.5) is 19.0 Å². The highest BCUT2D eigenvalue weighted by Crippen LogP contribution is 2.20. The van der Waals surface area contributed by atoms with Gasteiger partial charge in [0.05, 0.1) is 6.42 Å². The maximum atomic E-state index is 12.0. The van der Waals surface area contributed by atoms with Gasteiger partial charge >= 0.3 is 6.18 Å². The molecule has 16 heavy (non-hydrogen) atoms. The Balaban J connectivity index is 2.46. The van der Waals surface area contributed by atoms with E-state index < -0.39 is 12.6 Å². The van der Waals surface area contributed by atoms with Crippen LogP contribution in [0, 0.1) is 0 Å². The van der Waals surface area contributed by atoms with Crippen LogP contribution in [-0.4, -0.2) is 29.7 Å². The maximum Gasteiger partial charge on any atom is 0.390 e. The van der Waals surface area contributed by atoms with Gasteiger partial charge in [-0.1, -0.05) is 6.07 Å². The van der Waals surface area contributed by atoms with Crippen LogP contribution in [0.3, 0.4) is 0 Å². The van der Waals surface area contributed by atoms with Crippen LogP contribution in [0.25, 0.3) is 0 Å². The summed E-state index contributed by atoms with van der Waals surface area (Å²) >= 11 is 0. The van der Waals surface area contributed by atoms with E-state index in [9.17, 15) is 13.2 Å². The number of nitrogens with zero attached hydrogens (tertiary/aromatic N) is 2. The summed E-state index contributed by atoms with van der Waals surface area (Å²) in [7, 11) is 1.62. The summed E-state index contributed by atoms with van der Waals surface area (Å²) in [6.45, 7) is 0.327. The topological polar surface area (TPSA) is 42.2 Å². The molecule has 1 aromatic rings. The van der Waals surface area contributed by atoms with Crippen LogP contribution in [0.15, 0.2) is 18.3 Å². The number of pyridine rings is 1. The number of nitrogen functional groups attached to an aromatic ring is 1. The summed E-state index contributed by atoms with van der Waals surface area (Å²) < 4.78 is 35.9. The van der Waals surface area contributed by atoms with Crippen LogP contribution in [-0.2, 0) is 6.54 Å². The Morgan fingerprint density at radius 1 is 1.44 bits per heavy atom. The fourth-order valence-electron chi connectivity index (χ4n) is 1.27. The van der Waals surface area contributed by atoms with Gasteiger partial charge in [0.25, 0.3) is 0 Å². The van der Waals surface area contributed by atoms with Crippen molar-refractivity contribution in [2.45, 2.75) is 19.1 Å². The van der Waals surface area contributed by atoms with Crippen molar-refractivity contribution >= 4 is 5.82 Å². The summed E-state index contributed by atoms with van der Waals surface area (Å²) in [4.78, 5) is 5.44. The van der Waals surface area contributed by atoms with E-state index in [0.29, 0.717) is 12.4 Å². The molecule has 0 radical (unpaired) electrons. The Labute approximate surface area is 92.1 Å². The van der Waals surface area contributed by atoms with Crippen LogP contribution in [0.5, 0.6) is 0 Å². The van der Waals surface area contributed by atoms with Gasteiger partial charge in [0, 0.05) is 24.8 Å². The highest BCUT2D eigenvalue weighted by Gasteiger charge is 2.27. The van der Waals surface area contributed by atoms with E-state index in [-0.39, 0.29) is 6.54 Å². The smallest absolute Gasteiger partial charge is 0.383 e. The average molecular weight is 233 g/mol. The fourth-order valence-corrected chi connectivity index (χ4v) is 1.27. The lowest BCUT2D eigenvalue weighted by Crippen LogP contribution is -2.24.